The molecule has 0 radical (unpaired) electrons. The molecule has 2 amide bonds. The molecule has 1 atom stereocenters. The van der Waals surface area contributed by atoms with Crippen molar-refractivity contribution in [3.8, 4) is 0 Å². The summed E-state index contributed by atoms with van der Waals surface area (Å²) in [6, 6.07) is 0. The highest BCUT2D eigenvalue weighted by atomic mass is 16.7. The number of hydrogen-bond acceptors (Lipinski definition) is 6. The normalized spacial score (nSPS) is 16.4. The number of carbonyl (C=O) groups is 3. The standard InChI is InChI=1S/C14H23NO6/c1-11(5-3-9-19-2)20-10-4-6-14(18)21-15-12(16)7-8-13(15)17/h11H,3-10H2,1-2H3. The van der Waals surface area contributed by atoms with Crippen molar-refractivity contribution in [1.29, 1.82) is 0 Å². The largest absolute Gasteiger partial charge is 0.385 e. The van der Waals surface area contributed by atoms with E-state index in [1.54, 1.807) is 7.11 Å². The van der Waals surface area contributed by atoms with E-state index in [2.05, 4.69) is 0 Å². The topological polar surface area (TPSA) is 82.1 Å². The van der Waals surface area contributed by atoms with Crippen molar-refractivity contribution in [3.63, 3.8) is 0 Å². The van der Waals surface area contributed by atoms with Crippen molar-refractivity contribution >= 4 is 17.8 Å². The molecule has 1 fully saturated rings. The molecule has 7 heteroatoms. The first-order valence-corrected chi connectivity index (χ1v) is 7.21. The third kappa shape index (κ3) is 6.68. The Morgan fingerprint density at radius 2 is 1.86 bits per heavy atom. The summed E-state index contributed by atoms with van der Waals surface area (Å²) in [4.78, 5) is 38.8. The van der Waals surface area contributed by atoms with Crippen LogP contribution in [-0.2, 0) is 28.7 Å². The molecule has 1 aliphatic rings. The van der Waals surface area contributed by atoms with Crippen molar-refractivity contribution in [2.45, 2.75) is 51.6 Å². The highest BCUT2D eigenvalue weighted by molar-refractivity contribution is 6.01. The minimum absolute atomic E-state index is 0.105. The number of ether oxygens (including phenoxy) is 2. The molecule has 0 aromatic rings. The van der Waals surface area contributed by atoms with E-state index in [-0.39, 0.29) is 25.4 Å². The molecule has 0 aromatic heterocycles. The molecule has 0 spiro atoms. The van der Waals surface area contributed by atoms with Crippen molar-refractivity contribution in [1.82, 2.24) is 5.06 Å². The van der Waals surface area contributed by atoms with E-state index >= 15 is 0 Å². The maximum atomic E-state index is 11.5. The summed E-state index contributed by atoms with van der Waals surface area (Å²) in [6.07, 6.45) is 2.75. The van der Waals surface area contributed by atoms with Gasteiger partial charge in [0.1, 0.15) is 0 Å². The van der Waals surface area contributed by atoms with Gasteiger partial charge in [0.25, 0.3) is 11.8 Å². The first-order chi connectivity index (χ1) is 10.0. The summed E-state index contributed by atoms with van der Waals surface area (Å²) >= 11 is 0. The van der Waals surface area contributed by atoms with Gasteiger partial charge in [0.15, 0.2) is 0 Å². The van der Waals surface area contributed by atoms with Gasteiger partial charge in [-0.05, 0) is 26.2 Å². The number of rotatable bonds is 10. The van der Waals surface area contributed by atoms with Gasteiger partial charge in [-0.15, -0.1) is 5.06 Å². The van der Waals surface area contributed by atoms with Crippen LogP contribution in [0.4, 0.5) is 0 Å². The van der Waals surface area contributed by atoms with Gasteiger partial charge in [-0.2, -0.15) is 0 Å². The number of imide groups is 1. The number of hydrogen-bond donors (Lipinski definition) is 0. The Hall–Kier alpha value is -1.47. The number of amides is 2. The van der Waals surface area contributed by atoms with E-state index in [1.165, 1.54) is 0 Å². The zero-order valence-corrected chi connectivity index (χ0v) is 12.6. The van der Waals surface area contributed by atoms with Crippen LogP contribution in [-0.4, -0.2) is 49.3 Å². The van der Waals surface area contributed by atoms with Gasteiger partial charge in [0.2, 0.25) is 0 Å². The fourth-order valence-corrected chi connectivity index (χ4v) is 1.90. The second-order valence-corrected chi connectivity index (χ2v) is 4.97. The van der Waals surface area contributed by atoms with Gasteiger partial charge < -0.3 is 14.3 Å². The average Bonchev–Trinajstić information content (AvgIpc) is 2.76. The lowest BCUT2D eigenvalue weighted by molar-refractivity contribution is -0.197. The van der Waals surface area contributed by atoms with E-state index in [4.69, 9.17) is 14.3 Å². The Morgan fingerprint density at radius 1 is 1.19 bits per heavy atom. The van der Waals surface area contributed by atoms with Crippen LogP contribution in [0.2, 0.25) is 0 Å². The molecule has 1 aliphatic heterocycles. The van der Waals surface area contributed by atoms with Crippen molar-refractivity contribution in [3.05, 3.63) is 0 Å². The van der Waals surface area contributed by atoms with E-state index in [9.17, 15) is 14.4 Å². The van der Waals surface area contributed by atoms with Crippen LogP contribution in [0.15, 0.2) is 0 Å². The fourth-order valence-electron chi connectivity index (χ4n) is 1.90. The number of nitrogens with zero attached hydrogens (tertiary/aromatic N) is 1. The predicted molar refractivity (Wildman–Crippen MR) is 72.9 cm³/mol. The number of methoxy groups -OCH3 is 1. The van der Waals surface area contributed by atoms with E-state index < -0.39 is 17.8 Å². The Bertz CT molecular complexity index is 354. The molecule has 0 aliphatic carbocycles. The van der Waals surface area contributed by atoms with Gasteiger partial charge in [-0.3, -0.25) is 9.59 Å². The zero-order valence-electron chi connectivity index (χ0n) is 12.6. The number of carbonyl (C=O) groups excluding carboxylic acids is 3. The lowest BCUT2D eigenvalue weighted by atomic mass is 10.2. The monoisotopic (exact) mass is 301 g/mol. The Balaban J connectivity index is 2.08. The molecule has 1 saturated heterocycles. The molecule has 0 saturated carbocycles. The molecule has 7 nitrogen and oxygen atoms in total. The third-order valence-electron chi connectivity index (χ3n) is 3.09. The summed E-state index contributed by atoms with van der Waals surface area (Å²) in [6.45, 7) is 3.11. The quantitative estimate of drug-likeness (QED) is 0.445. The smallest absolute Gasteiger partial charge is 0.333 e. The molecule has 1 heterocycles. The molecule has 0 bridgehead atoms. The lowest BCUT2D eigenvalue weighted by Gasteiger charge is -2.14. The molecule has 21 heavy (non-hydrogen) atoms. The lowest BCUT2D eigenvalue weighted by Crippen LogP contribution is -2.32. The van der Waals surface area contributed by atoms with E-state index in [0.29, 0.717) is 24.7 Å². The summed E-state index contributed by atoms with van der Waals surface area (Å²) in [7, 11) is 1.66. The Morgan fingerprint density at radius 3 is 2.48 bits per heavy atom. The molecule has 120 valence electrons. The predicted octanol–water partition coefficient (Wildman–Crippen LogP) is 1.21. The second kappa shape index (κ2) is 9.46. The summed E-state index contributed by atoms with van der Waals surface area (Å²) in [5.74, 6) is -1.51. The zero-order chi connectivity index (χ0) is 15.7. The number of hydroxylamine groups is 2. The van der Waals surface area contributed by atoms with Crippen LogP contribution in [0.1, 0.15) is 45.4 Å². The van der Waals surface area contributed by atoms with Crippen LogP contribution in [0.3, 0.4) is 0 Å². The molecular formula is C14H23NO6. The van der Waals surface area contributed by atoms with E-state index in [1.807, 2.05) is 6.92 Å². The summed E-state index contributed by atoms with van der Waals surface area (Å²) < 4.78 is 10.5. The van der Waals surface area contributed by atoms with Crippen molar-refractivity contribution < 1.29 is 28.7 Å². The molecule has 0 aromatic carbocycles. The highest BCUT2D eigenvalue weighted by Gasteiger charge is 2.32. The first kappa shape index (κ1) is 17.6. The Kier molecular flexibility index (Phi) is 7.92. The average molecular weight is 301 g/mol. The van der Waals surface area contributed by atoms with E-state index in [0.717, 1.165) is 12.8 Å². The van der Waals surface area contributed by atoms with Crippen molar-refractivity contribution in [2.75, 3.05) is 20.3 Å². The fraction of sp³-hybridized carbons (Fsp3) is 0.786. The van der Waals surface area contributed by atoms with Gasteiger partial charge in [0.05, 0.1) is 12.5 Å². The molecular weight excluding hydrogens is 278 g/mol. The maximum Gasteiger partial charge on any atom is 0.333 e. The third-order valence-corrected chi connectivity index (χ3v) is 3.09. The van der Waals surface area contributed by atoms with Crippen LogP contribution in [0, 0.1) is 0 Å². The first-order valence-electron chi connectivity index (χ1n) is 7.21. The van der Waals surface area contributed by atoms with Crippen LogP contribution in [0.25, 0.3) is 0 Å². The van der Waals surface area contributed by atoms with Gasteiger partial charge >= 0.3 is 5.97 Å². The summed E-state index contributed by atoms with van der Waals surface area (Å²) in [5.41, 5.74) is 0. The van der Waals surface area contributed by atoms with Crippen molar-refractivity contribution in [2.24, 2.45) is 0 Å². The molecule has 1 unspecified atom stereocenters. The minimum atomic E-state index is -0.589. The highest BCUT2D eigenvalue weighted by Crippen LogP contribution is 2.13. The molecule has 0 N–H and O–H groups in total. The minimum Gasteiger partial charge on any atom is -0.385 e. The second-order valence-electron chi connectivity index (χ2n) is 4.97. The summed E-state index contributed by atoms with van der Waals surface area (Å²) in [5, 5.41) is 0.566. The van der Waals surface area contributed by atoms with Gasteiger partial charge in [-0.1, -0.05) is 0 Å². The Labute approximate surface area is 124 Å². The maximum absolute atomic E-state index is 11.5. The van der Waals surface area contributed by atoms with Crippen LogP contribution in [0.5, 0.6) is 0 Å². The van der Waals surface area contributed by atoms with Gasteiger partial charge in [-0.25, -0.2) is 4.79 Å². The SMILES string of the molecule is COCCCC(C)OCCCC(=O)ON1C(=O)CCC1=O. The van der Waals surface area contributed by atoms with Crippen LogP contribution < -0.4 is 0 Å². The van der Waals surface area contributed by atoms with Crippen LogP contribution >= 0.6 is 0 Å². The molecule has 1 rings (SSSR count). The van der Waals surface area contributed by atoms with Gasteiger partial charge in [0, 0.05) is 33.2 Å².